The number of esters is 1. The van der Waals surface area contributed by atoms with E-state index in [0.29, 0.717) is 5.56 Å². The third kappa shape index (κ3) is 3.78. The first-order valence-corrected chi connectivity index (χ1v) is 7.16. The van der Waals surface area contributed by atoms with Gasteiger partial charge in [0.1, 0.15) is 0 Å². The van der Waals surface area contributed by atoms with Crippen LogP contribution in [0.1, 0.15) is 28.8 Å². The number of hydrogen-bond acceptors (Lipinski definition) is 4. The van der Waals surface area contributed by atoms with Gasteiger partial charge < -0.3 is 9.84 Å². The number of benzene rings is 1. The second-order valence-corrected chi connectivity index (χ2v) is 5.66. The number of nitrogens with zero attached hydrogens (tertiary/aromatic N) is 1. The summed E-state index contributed by atoms with van der Waals surface area (Å²) >= 11 is 3.50. The Labute approximate surface area is 121 Å². The van der Waals surface area contributed by atoms with E-state index in [0.717, 1.165) is 42.5 Å². The van der Waals surface area contributed by atoms with Crippen molar-refractivity contribution < 1.29 is 14.6 Å². The van der Waals surface area contributed by atoms with Crippen LogP contribution in [0.5, 0.6) is 0 Å². The van der Waals surface area contributed by atoms with Crippen LogP contribution in [0.4, 0.5) is 0 Å². The van der Waals surface area contributed by atoms with E-state index < -0.39 is 0 Å². The normalized spacial score (nSPS) is 17.4. The summed E-state index contributed by atoms with van der Waals surface area (Å²) in [5.74, 6) is -0.326. The number of piperidine rings is 1. The maximum atomic E-state index is 11.4. The highest BCUT2D eigenvalue weighted by Gasteiger charge is 2.18. The van der Waals surface area contributed by atoms with Gasteiger partial charge in [-0.05, 0) is 30.5 Å². The second-order valence-electron chi connectivity index (χ2n) is 4.81. The van der Waals surface area contributed by atoms with Gasteiger partial charge in [0.2, 0.25) is 0 Å². The van der Waals surface area contributed by atoms with Crippen LogP contribution in [0.25, 0.3) is 0 Å². The first-order chi connectivity index (χ1) is 9.10. The Hall–Kier alpha value is -0.910. The molecule has 0 aromatic heterocycles. The van der Waals surface area contributed by atoms with Crippen LogP contribution in [0.15, 0.2) is 22.7 Å². The number of aliphatic hydroxyl groups excluding tert-OH is 1. The lowest BCUT2D eigenvalue weighted by atomic mass is 10.1. The van der Waals surface area contributed by atoms with Gasteiger partial charge in [0.25, 0.3) is 0 Å². The number of carbonyl (C=O) groups excluding carboxylic acids is 1. The molecule has 0 amide bonds. The standard InChI is InChI=1S/C14H18BrNO3/c1-19-14(18)10-2-3-11(13(15)8-10)9-16-6-4-12(17)5-7-16/h2-3,8,12,17H,4-7,9H2,1H3. The number of carbonyl (C=O) groups is 1. The lowest BCUT2D eigenvalue weighted by Gasteiger charge is -2.29. The maximum absolute atomic E-state index is 11.4. The quantitative estimate of drug-likeness (QED) is 0.864. The van der Waals surface area contributed by atoms with Crippen molar-refractivity contribution in [3.63, 3.8) is 0 Å². The zero-order valence-corrected chi connectivity index (χ0v) is 12.5. The van der Waals surface area contributed by atoms with E-state index in [1.807, 2.05) is 6.07 Å². The van der Waals surface area contributed by atoms with Gasteiger partial charge in [0.15, 0.2) is 0 Å². The van der Waals surface area contributed by atoms with Crippen LogP contribution in [-0.4, -0.2) is 42.3 Å². The Morgan fingerprint density at radius 2 is 2.16 bits per heavy atom. The molecule has 1 aliphatic rings. The zero-order chi connectivity index (χ0) is 13.8. The SMILES string of the molecule is COC(=O)c1ccc(CN2CCC(O)CC2)c(Br)c1. The maximum Gasteiger partial charge on any atom is 0.337 e. The van der Waals surface area contributed by atoms with E-state index in [1.165, 1.54) is 7.11 Å². The lowest BCUT2D eigenvalue weighted by Crippen LogP contribution is -2.35. The fourth-order valence-corrected chi connectivity index (χ4v) is 2.74. The molecule has 1 aliphatic heterocycles. The smallest absolute Gasteiger partial charge is 0.337 e. The minimum Gasteiger partial charge on any atom is -0.465 e. The Morgan fingerprint density at radius 1 is 1.47 bits per heavy atom. The van der Waals surface area contributed by atoms with Crippen molar-refractivity contribution in [2.75, 3.05) is 20.2 Å². The second kappa shape index (κ2) is 6.50. The zero-order valence-electron chi connectivity index (χ0n) is 10.9. The molecule has 0 unspecified atom stereocenters. The van der Waals surface area contributed by atoms with Gasteiger partial charge in [-0.1, -0.05) is 22.0 Å². The molecule has 19 heavy (non-hydrogen) atoms. The Balaban J connectivity index is 2.03. The van der Waals surface area contributed by atoms with E-state index in [9.17, 15) is 9.90 Å². The van der Waals surface area contributed by atoms with Crippen LogP contribution < -0.4 is 0 Å². The first-order valence-electron chi connectivity index (χ1n) is 6.37. The molecule has 1 fully saturated rings. The highest BCUT2D eigenvalue weighted by Crippen LogP contribution is 2.22. The van der Waals surface area contributed by atoms with Gasteiger partial charge in [-0.2, -0.15) is 0 Å². The third-order valence-corrected chi connectivity index (χ3v) is 4.16. The molecule has 0 saturated carbocycles. The molecule has 104 valence electrons. The monoisotopic (exact) mass is 327 g/mol. The summed E-state index contributed by atoms with van der Waals surface area (Å²) in [5.41, 5.74) is 1.69. The third-order valence-electron chi connectivity index (χ3n) is 3.43. The van der Waals surface area contributed by atoms with E-state index >= 15 is 0 Å². The average molecular weight is 328 g/mol. The van der Waals surface area contributed by atoms with E-state index in [-0.39, 0.29) is 12.1 Å². The summed E-state index contributed by atoms with van der Waals surface area (Å²) in [5, 5.41) is 9.48. The molecule has 4 nitrogen and oxygen atoms in total. The number of methoxy groups -OCH3 is 1. The van der Waals surface area contributed by atoms with Crippen LogP contribution >= 0.6 is 15.9 Å². The van der Waals surface area contributed by atoms with Crippen molar-refractivity contribution in [1.29, 1.82) is 0 Å². The fourth-order valence-electron chi connectivity index (χ4n) is 2.24. The van der Waals surface area contributed by atoms with E-state index in [4.69, 9.17) is 4.74 Å². The van der Waals surface area contributed by atoms with Crippen molar-refractivity contribution in [3.05, 3.63) is 33.8 Å². The molecule has 1 aromatic carbocycles. The van der Waals surface area contributed by atoms with Crippen molar-refractivity contribution >= 4 is 21.9 Å². The highest BCUT2D eigenvalue weighted by molar-refractivity contribution is 9.10. The topological polar surface area (TPSA) is 49.8 Å². The number of hydrogen-bond donors (Lipinski definition) is 1. The van der Waals surface area contributed by atoms with Gasteiger partial charge >= 0.3 is 5.97 Å². The highest BCUT2D eigenvalue weighted by atomic mass is 79.9. The van der Waals surface area contributed by atoms with Crippen LogP contribution in [0.2, 0.25) is 0 Å². The summed E-state index contributed by atoms with van der Waals surface area (Å²) in [6.45, 7) is 2.65. The van der Waals surface area contributed by atoms with Crippen LogP contribution in [-0.2, 0) is 11.3 Å². The van der Waals surface area contributed by atoms with Gasteiger partial charge in [0, 0.05) is 24.1 Å². The fraction of sp³-hybridized carbons (Fsp3) is 0.500. The summed E-state index contributed by atoms with van der Waals surface area (Å²) in [6, 6.07) is 5.52. The van der Waals surface area contributed by atoms with Crippen molar-refractivity contribution in [1.82, 2.24) is 4.90 Å². The van der Waals surface area contributed by atoms with Crippen molar-refractivity contribution in [2.45, 2.75) is 25.5 Å². The van der Waals surface area contributed by atoms with E-state index in [1.54, 1.807) is 12.1 Å². The number of aliphatic hydroxyl groups is 1. The number of likely N-dealkylation sites (tertiary alicyclic amines) is 1. The number of ether oxygens (including phenoxy) is 1. The molecule has 1 heterocycles. The minimum atomic E-state index is -0.326. The van der Waals surface area contributed by atoms with Gasteiger partial charge in [-0.15, -0.1) is 0 Å². The molecule has 0 aliphatic carbocycles. The molecule has 0 radical (unpaired) electrons. The minimum absolute atomic E-state index is 0.151. The number of rotatable bonds is 3. The molecule has 1 saturated heterocycles. The molecular formula is C14H18BrNO3. The molecule has 2 rings (SSSR count). The van der Waals surface area contributed by atoms with E-state index in [2.05, 4.69) is 20.8 Å². The largest absolute Gasteiger partial charge is 0.465 e. The first kappa shape index (κ1) is 14.5. The molecule has 0 spiro atoms. The molecular weight excluding hydrogens is 310 g/mol. The average Bonchev–Trinajstić information content (AvgIpc) is 2.42. The van der Waals surface area contributed by atoms with Gasteiger partial charge in [-0.3, -0.25) is 4.90 Å². The van der Waals surface area contributed by atoms with Crippen LogP contribution in [0.3, 0.4) is 0 Å². The molecule has 1 aromatic rings. The van der Waals surface area contributed by atoms with Gasteiger partial charge in [-0.25, -0.2) is 4.79 Å². The summed E-state index contributed by atoms with van der Waals surface area (Å²) in [4.78, 5) is 13.7. The Morgan fingerprint density at radius 3 is 2.74 bits per heavy atom. The Bertz CT molecular complexity index is 456. The molecule has 0 bridgehead atoms. The molecule has 1 N–H and O–H groups in total. The van der Waals surface area contributed by atoms with Crippen molar-refractivity contribution in [3.8, 4) is 0 Å². The summed E-state index contributed by atoms with van der Waals surface area (Å²) < 4.78 is 5.61. The summed E-state index contributed by atoms with van der Waals surface area (Å²) in [6.07, 6.45) is 1.51. The lowest BCUT2D eigenvalue weighted by molar-refractivity contribution is 0.0600. The number of halogens is 1. The van der Waals surface area contributed by atoms with Crippen LogP contribution in [0, 0.1) is 0 Å². The Kier molecular flexibility index (Phi) is 4.96. The molecule has 5 heteroatoms. The summed E-state index contributed by atoms with van der Waals surface area (Å²) in [7, 11) is 1.38. The predicted molar refractivity (Wildman–Crippen MR) is 76.0 cm³/mol. The molecule has 0 atom stereocenters. The van der Waals surface area contributed by atoms with Crippen molar-refractivity contribution in [2.24, 2.45) is 0 Å². The van der Waals surface area contributed by atoms with Gasteiger partial charge in [0.05, 0.1) is 18.8 Å². The predicted octanol–water partition coefficient (Wildman–Crippen LogP) is 2.19.